The van der Waals surface area contributed by atoms with Gasteiger partial charge in [-0.15, -0.1) is 0 Å². The molecule has 0 saturated heterocycles. The largest absolute Gasteiger partial charge is 0.361 e. The minimum absolute atomic E-state index is 0.323. The molecule has 4 heteroatoms. The molecule has 4 nitrogen and oxygen atoms in total. The summed E-state index contributed by atoms with van der Waals surface area (Å²) < 4.78 is 0. The van der Waals surface area contributed by atoms with Crippen LogP contribution in [0.1, 0.15) is 11.7 Å². The number of nitrogens with one attached hydrogen (secondary N) is 2. The van der Waals surface area contributed by atoms with Gasteiger partial charge in [0, 0.05) is 22.7 Å². The summed E-state index contributed by atoms with van der Waals surface area (Å²) in [6.07, 6.45) is 1.55. The van der Waals surface area contributed by atoms with Crippen LogP contribution in [0.3, 0.4) is 0 Å². The summed E-state index contributed by atoms with van der Waals surface area (Å²) >= 11 is 0. The van der Waals surface area contributed by atoms with Gasteiger partial charge in [0.15, 0.2) is 0 Å². The summed E-state index contributed by atoms with van der Waals surface area (Å²) in [4.78, 5) is 3.13. The van der Waals surface area contributed by atoms with Crippen molar-refractivity contribution in [2.24, 2.45) is 11.6 Å². The van der Waals surface area contributed by atoms with E-state index in [-0.39, 0.29) is 6.17 Å². The molecule has 2 aromatic rings. The van der Waals surface area contributed by atoms with Crippen LogP contribution < -0.4 is 17.0 Å². The van der Waals surface area contributed by atoms with Crippen LogP contribution in [-0.4, -0.2) is 4.98 Å². The molecular weight excluding hydrogens is 164 g/mol. The van der Waals surface area contributed by atoms with E-state index in [1.165, 1.54) is 0 Å². The van der Waals surface area contributed by atoms with E-state index in [0.29, 0.717) is 0 Å². The molecule has 68 valence electrons. The van der Waals surface area contributed by atoms with E-state index in [9.17, 15) is 0 Å². The maximum atomic E-state index is 5.75. The van der Waals surface area contributed by atoms with Crippen LogP contribution in [0.5, 0.6) is 0 Å². The first kappa shape index (κ1) is 8.25. The van der Waals surface area contributed by atoms with E-state index < -0.39 is 0 Å². The zero-order valence-corrected chi connectivity index (χ0v) is 7.12. The Hall–Kier alpha value is -1.36. The highest BCUT2D eigenvalue weighted by Crippen LogP contribution is 2.20. The summed E-state index contributed by atoms with van der Waals surface area (Å²) in [5.41, 5.74) is 10.3. The summed E-state index contributed by atoms with van der Waals surface area (Å²) in [6, 6.07) is 7.97. The van der Waals surface area contributed by atoms with E-state index in [4.69, 9.17) is 11.6 Å². The molecular formula is C9H12N4. The van der Waals surface area contributed by atoms with Gasteiger partial charge in [-0.3, -0.25) is 5.84 Å². The Morgan fingerprint density at radius 2 is 2.08 bits per heavy atom. The molecule has 0 aliphatic heterocycles. The van der Waals surface area contributed by atoms with Crippen molar-refractivity contribution in [3.05, 3.63) is 36.0 Å². The summed E-state index contributed by atoms with van der Waals surface area (Å²) in [7, 11) is 0. The lowest BCUT2D eigenvalue weighted by atomic mass is 10.1. The standard InChI is InChI=1S/C9H12N4/c10-9(13-11)7-5-12-8-4-2-1-3-6(7)8/h1-5,9,12-13H,10-11H2. The molecule has 0 amide bonds. The maximum absolute atomic E-state index is 5.75. The highest BCUT2D eigenvalue weighted by Gasteiger charge is 2.08. The summed E-state index contributed by atoms with van der Waals surface area (Å²) in [5, 5.41) is 1.10. The quantitative estimate of drug-likeness (QED) is 0.307. The first-order chi connectivity index (χ1) is 6.33. The fourth-order valence-corrected chi connectivity index (χ4v) is 1.44. The van der Waals surface area contributed by atoms with Gasteiger partial charge in [0.05, 0.1) is 6.17 Å². The van der Waals surface area contributed by atoms with Gasteiger partial charge in [-0.25, -0.2) is 5.43 Å². The molecule has 2 rings (SSSR count). The lowest BCUT2D eigenvalue weighted by molar-refractivity contribution is 0.580. The van der Waals surface area contributed by atoms with E-state index in [1.807, 2.05) is 30.5 Å². The van der Waals surface area contributed by atoms with E-state index in [2.05, 4.69) is 10.4 Å². The van der Waals surface area contributed by atoms with Crippen LogP contribution in [0.15, 0.2) is 30.5 Å². The number of H-pyrrole nitrogens is 1. The zero-order chi connectivity index (χ0) is 9.26. The van der Waals surface area contributed by atoms with Crippen molar-refractivity contribution in [2.45, 2.75) is 6.17 Å². The topological polar surface area (TPSA) is 79.9 Å². The molecule has 0 radical (unpaired) electrons. The Balaban J connectivity index is 2.57. The third-order valence-corrected chi connectivity index (χ3v) is 2.14. The van der Waals surface area contributed by atoms with Crippen LogP contribution in [0, 0.1) is 0 Å². The lowest BCUT2D eigenvalue weighted by Gasteiger charge is -2.07. The number of para-hydroxylation sites is 1. The predicted octanol–water partition coefficient (Wildman–Crippen LogP) is 0.589. The second-order valence-corrected chi connectivity index (χ2v) is 2.93. The molecule has 0 aliphatic carbocycles. The zero-order valence-electron chi connectivity index (χ0n) is 7.12. The molecule has 0 bridgehead atoms. The third-order valence-electron chi connectivity index (χ3n) is 2.14. The van der Waals surface area contributed by atoms with Gasteiger partial charge in [0.25, 0.3) is 0 Å². The monoisotopic (exact) mass is 176 g/mol. The van der Waals surface area contributed by atoms with Crippen LogP contribution in [0.25, 0.3) is 10.9 Å². The van der Waals surface area contributed by atoms with E-state index in [0.717, 1.165) is 16.5 Å². The smallest absolute Gasteiger partial charge is 0.0956 e. The Morgan fingerprint density at radius 1 is 1.31 bits per heavy atom. The van der Waals surface area contributed by atoms with Gasteiger partial charge in [0.2, 0.25) is 0 Å². The lowest BCUT2D eigenvalue weighted by Crippen LogP contribution is -2.33. The average Bonchev–Trinajstić information content (AvgIpc) is 2.60. The second-order valence-electron chi connectivity index (χ2n) is 2.93. The number of nitrogens with two attached hydrogens (primary N) is 2. The minimum Gasteiger partial charge on any atom is -0.361 e. The average molecular weight is 176 g/mol. The molecule has 0 fully saturated rings. The Bertz CT molecular complexity index is 407. The van der Waals surface area contributed by atoms with Crippen LogP contribution in [0.4, 0.5) is 0 Å². The Kier molecular flexibility index (Phi) is 2.02. The van der Waals surface area contributed by atoms with Crippen molar-refractivity contribution in [1.29, 1.82) is 0 Å². The molecule has 6 N–H and O–H groups in total. The molecule has 0 saturated carbocycles. The van der Waals surface area contributed by atoms with Gasteiger partial charge in [0.1, 0.15) is 0 Å². The fraction of sp³-hybridized carbons (Fsp3) is 0.111. The number of hydrogen-bond acceptors (Lipinski definition) is 3. The molecule has 0 spiro atoms. The SMILES string of the molecule is NNC(N)c1c[nH]c2ccccc12. The fourth-order valence-electron chi connectivity index (χ4n) is 1.44. The van der Waals surface area contributed by atoms with Gasteiger partial charge < -0.3 is 10.7 Å². The maximum Gasteiger partial charge on any atom is 0.0956 e. The number of rotatable bonds is 2. The number of benzene rings is 1. The van der Waals surface area contributed by atoms with Gasteiger partial charge in [-0.05, 0) is 6.07 Å². The van der Waals surface area contributed by atoms with Crippen LogP contribution in [0.2, 0.25) is 0 Å². The third kappa shape index (κ3) is 1.31. The van der Waals surface area contributed by atoms with Crippen molar-refractivity contribution in [2.75, 3.05) is 0 Å². The van der Waals surface area contributed by atoms with E-state index in [1.54, 1.807) is 0 Å². The predicted molar refractivity (Wildman–Crippen MR) is 52.6 cm³/mol. The Morgan fingerprint density at radius 3 is 2.85 bits per heavy atom. The van der Waals surface area contributed by atoms with Gasteiger partial charge >= 0.3 is 0 Å². The van der Waals surface area contributed by atoms with Crippen molar-refractivity contribution in [3.8, 4) is 0 Å². The molecule has 13 heavy (non-hydrogen) atoms. The van der Waals surface area contributed by atoms with Crippen molar-refractivity contribution >= 4 is 10.9 Å². The number of fused-ring (bicyclic) bond motifs is 1. The molecule has 1 aromatic heterocycles. The molecule has 1 atom stereocenters. The highest BCUT2D eigenvalue weighted by atomic mass is 15.3. The van der Waals surface area contributed by atoms with Crippen molar-refractivity contribution < 1.29 is 0 Å². The first-order valence-electron chi connectivity index (χ1n) is 4.10. The molecule has 1 aromatic carbocycles. The number of aromatic nitrogens is 1. The molecule has 1 heterocycles. The number of hydrazine groups is 1. The van der Waals surface area contributed by atoms with Gasteiger partial charge in [-0.1, -0.05) is 18.2 Å². The van der Waals surface area contributed by atoms with Gasteiger partial charge in [-0.2, -0.15) is 0 Å². The number of aromatic amines is 1. The van der Waals surface area contributed by atoms with Crippen LogP contribution in [-0.2, 0) is 0 Å². The second kappa shape index (κ2) is 3.18. The highest BCUT2D eigenvalue weighted by molar-refractivity contribution is 5.83. The van der Waals surface area contributed by atoms with Crippen molar-refractivity contribution in [1.82, 2.24) is 10.4 Å². The van der Waals surface area contributed by atoms with E-state index >= 15 is 0 Å². The normalized spacial score (nSPS) is 13.4. The minimum atomic E-state index is -0.323. The molecule has 1 unspecified atom stereocenters. The molecule has 0 aliphatic rings. The Labute approximate surface area is 75.9 Å². The van der Waals surface area contributed by atoms with Crippen LogP contribution >= 0.6 is 0 Å². The summed E-state index contributed by atoms with van der Waals surface area (Å²) in [5.74, 6) is 5.27. The summed E-state index contributed by atoms with van der Waals surface area (Å²) in [6.45, 7) is 0. The first-order valence-corrected chi connectivity index (χ1v) is 4.10. The number of hydrogen-bond donors (Lipinski definition) is 4. The van der Waals surface area contributed by atoms with Crippen molar-refractivity contribution in [3.63, 3.8) is 0 Å².